The van der Waals surface area contributed by atoms with E-state index in [1.54, 1.807) is 24.0 Å². The van der Waals surface area contributed by atoms with Gasteiger partial charge >= 0.3 is 0 Å². The number of piperazine rings is 1. The number of hydrogen-bond acceptors (Lipinski definition) is 4. The SMILES string of the molecule is CC.COCOc1ccc([C@@H]2c3[nH]c4ccccc4c3CC[C@@H]3C(=O)N(C)CC(=O)N23)cc1. The molecule has 5 rings (SSSR count). The molecule has 33 heavy (non-hydrogen) atoms. The van der Waals surface area contributed by atoms with E-state index in [0.29, 0.717) is 12.2 Å². The molecule has 2 aromatic carbocycles. The number of hydrogen-bond donors (Lipinski definition) is 1. The third kappa shape index (κ3) is 4.09. The number of fused-ring (bicyclic) bond motifs is 4. The Labute approximate surface area is 194 Å². The first-order valence-corrected chi connectivity index (χ1v) is 11.5. The molecule has 1 N–H and O–H groups in total. The van der Waals surface area contributed by atoms with E-state index < -0.39 is 6.04 Å². The number of H-pyrrole nitrogens is 1. The molecule has 2 atom stereocenters. The van der Waals surface area contributed by atoms with Gasteiger partial charge in [0.1, 0.15) is 11.8 Å². The van der Waals surface area contributed by atoms with Gasteiger partial charge in [0, 0.05) is 30.8 Å². The van der Waals surface area contributed by atoms with Gasteiger partial charge in [0.25, 0.3) is 0 Å². The monoisotopic (exact) mass is 449 g/mol. The van der Waals surface area contributed by atoms with Crippen molar-refractivity contribution in [2.75, 3.05) is 27.5 Å². The average Bonchev–Trinajstić information content (AvgIpc) is 3.11. The third-order valence-electron chi connectivity index (χ3n) is 6.26. The molecule has 2 aliphatic heterocycles. The third-order valence-corrected chi connectivity index (χ3v) is 6.26. The number of carbonyl (C=O) groups is 2. The molecule has 1 aromatic heterocycles. The molecule has 0 unspecified atom stereocenters. The van der Waals surface area contributed by atoms with Gasteiger partial charge in [-0.1, -0.05) is 44.2 Å². The van der Waals surface area contributed by atoms with Crippen LogP contribution in [-0.4, -0.2) is 60.1 Å². The maximum atomic E-state index is 13.2. The van der Waals surface area contributed by atoms with Crippen LogP contribution >= 0.6 is 0 Å². The highest BCUT2D eigenvalue weighted by Gasteiger charge is 2.45. The summed E-state index contributed by atoms with van der Waals surface area (Å²) in [7, 11) is 3.28. The molecule has 7 nitrogen and oxygen atoms in total. The van der Waals surface area contributed by atoms with E-state index >= 15 is 0 Å². The number of methoxy groups -OCH3 is 1. The molecule has 174 valence electrons. The van der Waals surface area contributed by atoms with E-state index in [0.717, 1.165) is 28.6 Å². The van der Waals surface area contributed by atoms with E-state index in [9.17, 15) is 9.59 Å². The first-order chi connectivity index (χ1) is 16.1. The van der Waals surface area contributed by atoms with Gasteiger partial charge in [0.15, 0.2) is 6.79 Å². The van der Waals surface area contributed by atoms with Crippen LogP contribution in [-0.2, 0) is 20.7 Å². The lowest BCUT2D eigenvalue weighted by atomic mass is 9.97. The van der Waals surface area contributed by atoms with Gasteiger partial charge in [-0.15, -0.1) is 0 Å². The standard InChI is InChI=1S/C24H25N3O4.C2H6/c1-26-13-21(28)27-20(24(26)29)12-11-18-17-5-3-4-6-19(17)25-22(18)23(27)15-7-9-16(10-8-15)31-14-30-2;1-2/h3-10,20,23,25H,11-14H2,1-2H3;1-2H3/t20-,23-;/m1./s1. The summed E-state index contributed by atoms with van der Waals surface area (Å²) < 4.78 is 10.5. The Bertz CT molecular complexity index is 1140. The summed E-state index contributed by atoms with van der Waals surface area (Å²) in [4.78, 5) is 33.2. The second-order valence-electron chi connectivity index (χ2n) is 8.14. The number of ether oxygens (including phenoxy) is 2. The van der Waals surface area contributed by atoms with Crippen LogP contribution in [0.4, 0.5) is 0 Å². The van der Waals surface area contributed by atoms with Crippen molar-refractivity contribution in [3.8, 4) is 5.75 Å². The number of aromatic amines is 1. The number of benzene rings is 2. The number of nitrogens with one attached hydrogen (secondary N) is 1. The Morgan fingerprint density at radius 1 is 1.06 bits per heavy atom. The van der Waals surface area contributed by atoms with Crippen molar-refractivity contribution in [2.24, 2.45) is 0 Å². The molecule has 0 bridgehead atoms. The zero-order valence-electron chi connectivity index (χ0n) is 19.6. The first kappa shape index (κ1) is 22.9. The summed E-state index contributed by atoms with van der Waals surface area (Å²) in [6.07, 6.45) is 1.34. The minimum Gasteiger partial charge on any atom is -0.468 e. The Hall–Kier alpha value is -3.32. The molecule has 0 spiro atoms. The molecule has 7 heteroatoms. The number of aryl methyl sites for hydroxylation is 1. The number of nitrogens with zero attached hydrogens (tertiary/aromatic N) is 2. The average molecular weight is 450 g/mol. The predicted molar refractivity (Wildman–Crippen MR) is 127 cm³/mol. The van der Waals surface area contributed by atoms with E-state index in [4.69, 9.17) is 9.47 Å². The molecule has 1 saturated heterocycles. The Kier molecular flexibility index (Phi) is 6.70. The van der Waals surface area contributed by atoms with Crippen LogP contribution in [0.15, 0.2) is 48.5 Å². The van der Waals surface area contributed by atoms with Gasteiger partial charge in [-0.05, 0) is 42.2 Å². The highest BCUT2D eigenvalue weighted by Crippen LogP contribution is 2.41. The Morgan fingerprint density at radius 3 is 2.52 bits per heavy atom. The number of likely N-dealkylation sites (N-methyl/N-ethyl adjacent to an activating group) is 1. The van der Waals surface area contributed by atoms with E-state index in [1.807, 2.05) is 50.2 Å². The Morgan fingerprint density at radius 2 is 1.79 bits per heavy atom. The normalized spacial score (nSPS) is 20.0. The van der Waals surface area contributed by atoms with Crippen molar-refractivity contribution in [1.82, 2.24) is 14.8 Å². The van der Waals surface area contributed by atoms with Crippen LogP contribution in [0.1, 0.15) is 43.1 Å². The maximum absolute atomic E-state index is 13.2. The van der Waals surface area contributed by atoms with E-state index in [2.05, 4.69) is 17.1 Å². The molecule has 2 amide bonds. The smallest absolute Gasteiger partial charge is 0.245 e. The summed E-state index contributed by atoms with van der Waals surface area (Å²) in [5.74, 6) is 0.649. The summed E-state index contributed by atoms with van der Waals surface area (Å²) in [6, 6.07) is 15.0. The number of aromatic nitrogens is 1. The van der Waals surface area contributed by atoms with Crippen molar-refractivity contribution < 1.29 is 19.1 Å². The molecule has 0 radical (unpaired) electrons. The Balaban J connectivity index is 0.00000126. The first-order valence-electron chi connectivity index (χ1n) is 11.5. The summed E-state index contributed by atoms with van der Waals surface area (Å²) >= 11 is 0. The molecule has 2 aliphatic rings. The van der Waals surface area contributed by atoms with Gasteiger partial charge < -0.3 is 24.3 Å². The fraction of sp³-hybridized carbons (Fsp3) is 0.385. The molecular weight excluding hydrogens is 418 g/mol. The second-order valence-corrected chi connectivity index (χ2v) is 8.14. The summed E-state index contributed by atoms with van der Waals surface area (Å²) in [5, 5.41) is 1.15. The second kappa shape index (κ2) is 9.67. The predicted octanol–water partition coefficient (Wildman–Crippen LogP) is 3.88. The van der Waals surface area contributed by atoms with E-state index in [-0.39, 0.29) is 31.2 Å². The van der Waals surface area contributed by atoms with E-state index in [1.165, 1.54) is 5.56 Å². The lowest BCUT2D eigenvalue weighted by Gasteiger charge is -2.42. The topological polar surface area (TPSA) is 74.9 Å². The fourth-order valence-electron chi connectivity index (χ4n) is 4.84. The molecule has 1 fully saturated rings. The molecule has 3 aromatic rings. The quantitative estimate of drug-likeness (QED) is 0.614. The molecule has 0 aliphatic carbocycles. The maximum Gasteiger partial charge on any atom is 0.245 e. The number of amides is 2. The number of rotatable bonds is 4. The highest BCUT2D eigenvalue weighted by atomic mass is 16.7. The minimum absolute atomic E-state index is 0.000827. The summed E-state index contributed by atoms with van der Waals surface area (Å²) in [6.45, 7) is 4.26. The largest absolute Gasteiger partial charge is 0.468 e. The van der Waals surface area contributed by atoms with Gasteiger partial charge in [0.2, 0.25) is 11.8 Å². The molecule has 0 saturated carbocycles. The number of carbonyl (C=O) groups excluding carboxylic acids is 2. The van der Waals surface area contributed by atoms with Crippen LogP contribution in [0.2, 0.25) is 0 Å². The minimum atomic E-state index is -0.472. The van der Waals surface area contributed by atoms with Crippen molar-refractivity contribution in [2.45, 2.75) is 38.8 Å². The van der Waals surface area contributed by atoms with Crippen LogP contribution in [0.5, 0.6) is 5.75 Å². The van der Waals surface area contributed by atoms with Gasteiger partial charge in [-0.2, -0.15) is 0 Å². The molecule has 3 heterocycles. The van der Waals surface area contributed by atoms with Crippen LogP contribution in [0, 0.1) is 0 Å². The van der Waals surface area contributed by atoms with Gasteiger partial charge in [0.05, 0.1) is 12.6 Å². The van der Waals surface area contributed by atoms with Crippen molar-refractivity contribution in [1.29, 1.82) is 0 Å². The van der Waals surface area contributed by atoms with Crippen LogP contribution in [0.3, 0.4) is 0 Å². The highest BCUT2D eigenvalue weighted by molar-refractivity contribution is 5.96. The van der Waals surface area contributed by atoms with Gasteiger partial charge in [-0.3, -0.25) is 9.59 Å². The molecular formula is C26H31N3O4. The van der Waals surface area contributed by atoms with Crippen molar-refractivity contribution in [3.63, 3.8) is 0 Å². The van der Waals surface area contributed by atoms with Crippen LogP contribution < -0.4 is 4.74 Å². The van der Waals surface area contributed by atoms with Crippen molar-refractivity contribution in [3.05, 3.63) is 65.4 Å². The van der Waals surface area contributed by atoms with Crippen LogP contribution in [0.25, 0.3) is 10.9 Å². The number of para-hydroxylation sites is 1. The lowest BCUT2D eigenvalue weighted by molar-refractivity contribution is -0.156. The fourth-order valence-corrected chi connectivity index (χ4v) is 4.84. The zero-order chi connectivity index (χ0) is 23.5. The van der Waals surface area contributed by atoms with Gasteiger partial charge in [-0.25, -0.2) is 0 Å². The lowest BCUT2D eigenvalue weighted by Crippen LogP contribution is -2.59. The summed E-state index contributed by atoms with van der Waals surface area (Å²) in [5.41, 5.74) is 4.15. The van der Waals surface area contributed by atoms with Crippen molar-refractivity contribution >= 4 is 22.7 Å². The zero-order valence-corrected chi connectivity index (χ0v) is 19.6.